The van der Waals surface area contributed by atoms with Crippen molar-refractivity contribution in [2.45, 2.75) is 44.1 Å². The molecule has 2 saturated heterocycles. The van der Waals surface area contributed by atoms with Gasteiger partial charge in [-0.3, -0.25) is 9.69 Å². The van der Waals surface area contributed by atoms with Gasteiger partial charge in [0, 0.05) is 52.3 Å². The SMILES string of the molecule is Cc1ccc(S(=O)(=O)NCCC(=O)N2CCN(CC3CCCO3)CC2)cc1C. The minimum atomic E-state index is -3.59. The standard InChI is InChI=1S/C20H31N3O4S/c1-16-5-6-19(14-17(16)2)28(25,26)21-8-7-20(24)23-11-9-22(10-12-23)15-18-4-3-13-27-18/h5-6,14,18,21H,3-4,7-13,15H2,1-2H3. The molecule has 0 bridgehead atoms. The van der Waals surface area contributed by atoms with Gasteiger partial charge in [0.1, 0.15) is 0 Å². The summed E-state index contributed by atoms with van der Waals surface area (Å²) in [7, 11) is -3.59. The van der Waals surface area contributed by atoms with E-state index in [1.165, 1.54) is 0 Å². The fraction of sp³-hybridized carbons (Fsp3) is 0.650. The Morgan fingerprint density at radius 3 is 2.57 bits per heavy atom. The number of hydrogen-bond donors (Lipinski definition) is 1. The molecule has 156 valence electrons. The van der Waals surface area contributed by atoms with Crippen LogP contribution >= 0.6 is 0 Å². The molecule has 0 aromatic heterocycles. The predicted octanol–water partition coefficient (Wildman–Crippen LogP) is 1.30. The Labute approximate surface area is 168 Å². The second-order valence-electron chi connectivity index (χ2n) is 7.71. The lowest BCUT2D eigenvalue weighted by atomic mass is 10.1. The number of carbonyl (C=O) groups is 1. The van der Waals surface area contributed by atoms with Crippen LogP contribution in [0.4, 0.5) is 0 Å². The summed E-state index contributed by atoms with van der Waals surface area (Å²) in [5.41, 5.74) is 1.98. The zero-order valence-corrected chi connectivity index (χ0v) is 17.6. The topological polar surface area (TPSA) is 79.0 Å². The Morgan fingerprint density at radius 1 is 1.18 bits per heavy atom. The summed E-state index contributed by atoms with van der Waals surface area (Å²) in [5, 5.41) is 0. The van der Waals surface area contributed by atoms with Crippen LogP contribution in [0.5, 0.6) is 0 Å². The van der Waals surface area contributed by atoms with E-state index in [0.717, 1.165) is 50.2 Å². The van der Waals surface area contributed by atoms with Crippen molar-refractivity contribution >= 4 is 15.9 Å². The highest BCUT2D eigenvalue weighted by Gasteiger charge is 2.25. The molecular weight excluding hydrogens is 378 g/mol. The van der Waals surface area contributed by atoms with Gasteiger partial charge in [0.15, 0.2) is 0 Å². The van der Waals surface area contributed by atoms with Crippen molar-refractivity contribution in [2.75, 3.05) is 45.9 Å². The van der Waals surface area contributed by atoms with Gasteiger partial charge in [-0.1, -0.05) is 6.07 Å². The number of carbonyl (C=O) groups excluding carboxylic acids is 1. The van der Waals surface area contributed by atoms with Crippen LogP contribution in [0.25, 0.3) is 0 Å². The Kier molecular flexibility index (Phi) is 7.09. The molecular formula is C20H31N3O4S. The molecule has 0 spiro atoms. The Bertz CT molecular complexity index is 783. The highest BCUT2D eigenvalue weighted by atomic mass is 32.2. The Hall–Kier alpha value is -1.48. The summed E-state index contributed by atoms with van der Waals surface area (Å²) in [6.07, 6.45) is 2.78. The van der Waals surface area contributed by atoms with E-state index < -0.39 is 10.0 Å². The molecule has 1 N–H and O–H groups in total. The molecule has 3 rings (SSSR count). The van der Waals surface area contributed by atoms with E-state index in [-0.39, 0.29) is 23.8 Å². The van der Waals surface area contributed by atoms with Gasteiger partial charge in [-0.05, 0) is 49.9 Å². The molecule has 8 heteroatoms. The molecule has 1 amide bonds. The number of piperazine rings is 1. The minimum absolute atomic E-state index is 0.000414. The first-order chi connectivity index (χ1) is 13.3. The number of aryl methyl sites for hydroxylation is 2. The summed E-state index contributed by atoms with van der Waals surface area (Å²) in [6, 6.07) is 5.05. The van der Waals surface area contributed by atoms with Crippen LogP contribution in [0.15, 0.2) is 23.1 Å². The first kappa shape index (κ1) is 21.2. The third kappa shape index (κ3) is 5.53. The van der Waals surface area contributed by atoms with Crippen molar-refractivity contribution in [1.29, 1.82) is 0 Å². The van der Waals surface area contributed by atoms with Gasteiger partial charge >= 0.3 is 0 Å². The minimum Gasteiger partial charge on any atom is -0.377 e. The van der Waals surface area contributed by atoms with E-state index in [1.807, 2.05) is 18.7 Å². The van der Waals surface area contributed by atoms with Crippen LogP contribution in [0, 0.1) is 13.8 Å². The van der Waals surface area contributed by atoms with Crippen molar-refractivity contribution in [3.8, 4) is 0 Å². The third-order valence-electron chi connectivity index (χ3n) is 5.63. The lowest BCUT2D eigenvalue weighted by Gasteiger charge is -2.35. The molecule has 0 saturated carbocycles. The summed E-state index contributed by atoms with van der Waals surface area (Å²) < 4.78 is 33.0. The number of nitrogens with one attached hydrogen (secondary N) is 1. The summed E-state index contributed by atoms with van der Waals surface area (Å²) >= 11 is 0. The van der Waals surface area contributed by atoms with Crippen molar-refractivity contribution in [3.63, 3.8) is 0 Å². The summed E-state index contributed by atoms with van der Waals surface area (Å²) in [4.78, 5) is 16.8. The fourth-order valence-corrected chi connectivity index (χ4v) is 4.79. The van der Waals surface area contributed by atoms with Crippen LogP contribution in [0.1, 0.15) is 30.4 Å². The smallest absolute Gasteiger partial charge is 0.240 e. The highest BCUT2D eigenvalue weighted by molar-refractivity contribution is 7.89. The van der Waals surface area contributed by atoms with Crippen LogP contribution in [0.2, 0.25) is 0 Å². The summed E-state index contributed by atoms with van der Waals surface area (Å²) in [6.45, 7) is 8.82. The Morgan fingerprint density at radius 2 is 1.93 bits per heavy atom. The normalized spacial score (nSPS) is 21.2. The second-order valence-corrected chi connectivity index (χ2v) is 9.48. The average Bonchev–Trinajstić information content (AvgIpc) is 3.17. The predicted molar refractivity (Wildman–Crippen MR) is 108 cm³/mol. The van der Waals surface area contributed by atoms with Crippen molar-refractivity contribution < 1.29 is 17.9 Å². The summed E-state index contributed by atoms with van der Waals surface area (Å²) in [5.74, 6) is -0.000414. The van der Waals surface area contributed by atoms with Gasteiger partial charge in [-0.15, -0.1) is 0 Å². The maximum absolute atomic E-state index is 12.4. The molecule has 7 nitrogen and oxygen atoms in total. The quantitative estimate of drug-likeness (QED) is 0.734. The Balaban J connectivity index is 1.41. The van der Waals surface area contributed by atoms with Crippen molar-refractivity contribution in [3.05, 3.63) is 29.3 Å². The monoisotopic (exact) mass is 409 g/mol. The van der Waals surface area contributed by atoms with E-state index in [1.54, 1.807) is 18.2 Å². The second kappa shape index (κ2) is 9.35. The zero-order valence-electron chi connectivity index (χ0n) is 16.8. The van der Waals surface area contributed by atoms with Gasteiger partial charge in [-0.2, -0.15) is 0 Å². The van der Waals surface area contributed by atoms with Crippen molar-refractivity contribution in [1.82, 2.24) is 14.5 Å². The van der Waals surface area contributed by atoms with E-state index in [4.69, 9.17) is 4.74 Å². The molecule has 0 aliphatic carbocycles. The number of ether oxygens (including phenoxy) is 1. The molecule has 2 fully saturated rings. The fourth-order valence-electron chi connectivity index (χ4n) is 3.67. The van der Waals surface area contributed by atoms with Crippen LogP contribution in [-0.4, -0.2) is 76.1 Å². The average molecular weight is 410 g/mol. The number of benzene rings is 1. The van der Waals surface area contributed by atoms with Gasteiger partial charge < -0.3 is 9.64 Å². The van der Waals surface area contributed by atoms with Crippen LogP contribution in [0.3, 0.4) is 0 Å². The first-order valence-electron chi connectivity index (χ1n) is 10.0. The largest absolute Gasteiger partial charge is 0.377 e. The van der Waals surface area contributed by atoms with E-state index in [2.05, 4.69) is 9.62 Å². The number of sulfonamides is 1. The molecule has 28 heavy (non-hydrogen) atoms. The molecule has 2 heterocycles. The molecule has 1 aromatic carbocycles. The van der Waals surface area contributed by atoms with E-state index in [9.17, 15) is 13.2 Å². The van der Waals surface area contributed by atoms with Gasteiger partial charge in [0.25, 0.3) is 0 Å². The molecule has 2 aliphatic rings. The van der Waals surface area contributed by atoms with E-state index in [0.29, 0.717) is 19.2 Å². The number of nitrogens with zero attached hydrogens (tertiary/aromatic N) is 2. The number of hydrogen-bond acceptors (Lipinski definition) is 5. The van der Waals surface area contributed by atoms with Crippen molar-refractivity contribution in [2.24, 2.45) is 0 Å². The van der Waals surface area contributed by atoms with Gasteiger partial charge in [0.05, 0.1) is 11.0 Å². The lowest BCUT2D eigenvalue weighted by Crippen LogP contribution is -2.50. The molecule has 2 aliphatic heterocycles. The zero-order chi connectivity index (χ0) is 20.1. The van der Waals surface area contributed by atoms with E-state index >= 15 is 0 Å². The maximum atomic E-state index is 12.4. The molecule has 0 radical (unpaired) electrons. The van der Waals surface area contributed by atoms with Crippen LogP contribution in [-0.2, 0) is 19.6 Å². The third-order valence-corrected chi connectivity index (χ3v) is 7.09. The highest BCUT2D eigenvalue weighted by Crippen LogP contribution is 2.16. The van der Waals surface area contributed by atoms with Gasteiger partial charge in [-0.25, -0.2) is 13.1 Å². The molecule has 1 unspecified atom stereocenters. The van der Waals surface area contributed by atoms with Crippen LogP contribution < -0.4 is 4.72 Å². The molecule has 1 atom stereocenters. The first-order valence-corrected chi connectivity index (χ1v) is 11.5. The lowest BCUT2D eigenvalue weighted by molar-refractivity contribution is -0.132. The number of rotatable bonds is 7. The van der Waals surface area contributed by atoms with Gasteiger partial charge in [0.2, 0.25) is 15.9 Å². The number of amides is 1. The molecule has 1 aromatic rings. The maximum Gasteiger partial charge on any atom is 0.240 e.